The highest BCUT2D eigenvalue weighted by Gasteiger charge is 2.62. The van der Waals surface area contributed by atoms with Crippen molar-refractivity contribution in [3.8, 4) is 0 Å². The predicted molar refractivity (Wildman–Crippen MR) is 320 cm³/mol. The van der Waals surface area contributed by atoms with Gasteiger partial charge in [0.1, 0.15) is 6.10 Å². The van der Waals surface area contributed by atoms with Gasteiger partial charge in [0.15, 0.2) is 0 Å². The van der Waals surface area contributed by atoms with Crippen molar-refractivity contribution >= 4 is 35.8 Å². The highest BCUT2D eigenvalue weighted by Crippen LogP contribution is 2.41. The molecule has 0 bridgehead atoms. The van der Waals surface area contributed by atoms with Crippen LogP contribution in [0.1, 0.15) is 241 Å². The second-order valence-electron chi connectivity index (χ2n) is 25.4. The van der Waals surface area contributed by atoms with Crippen molar-refractivity contribution in [1.29, 1.82) is 0 Å². The molecule has 0 saturated carbocycles. The molecule has 1 aromatic carbocycles. The Bertz CT molecular complexity index is 2120. The van der Waals surface area contributed by atoms with Crippen molar-refractivity contribution in [3.63, 3.8) is 0 Å². The lowest BCUT2D eigenvalue weighted by molar-refractivity contribution is -0.316. The standard InChI is InChI=1S/C11H22O2.C10H20O2.C10H14.3C9H12F6O2.C6H12O2/c1-6-9(7-2)13-10(12)11(4,5)8-3;1-5-7-8-12-9(11)10(3,4)6-2;1-3-9(2)10-7-5-4-6-8-10;3*1-4-7(2,3)6(16)17-5(8(10,11)12)9(13,14)15;1-4-6(2,3)5(7)8/h9H,6-8H2,1-5H3;5-8H2,1-4H3;4-9H,3H2,1-2H3;3*5H,4H2,1-3H3;4H2,1-3H3,(H,7,8). The molecule has 94 heavy (non-hydrogen) atoms. The number of rotatable bonds is 23. The van der Waals surface area contributed by atoms with E-state index < -0.39 is 101 Å². The summed E-state index contributed by atoms with van der Waals surface area (Å²) < 4.78 is 238. The SMILES string of the molecule is CCC(C)(C)C(=O)O.CCC(C)(C)C(=O)OC(C(F)(F)F)C(F)(F)F.CCC(C)(C)C(=O)OC(C(F)(F)F)C(F)(F)F.CCC(C)(C)C(=O)OC(C(F)(F)F)C(F)(F)F.CCC(C)c1ccccc1.CCC(CC)OC(=O)C(C)(C)CC.CCCCOC(=O)C(C)(C)CC. The van der Waals surface area contributed by atoms with Gasteiger partial charge in [-0.05, 0) is 159 Å². The second kappa shape index (κ2) is 42.5. The molecule has 1 rings (SSSR count). The summed E-state index contributed by atoms with van der Waals surface area (Å²) in [6, 6.07) is 10.6. The van der Waals surface area contributed by atoms with E-state index in [1.165, 1.54) is 74.3 Å². The Hall–Kier alpha value is -5.22. The first-order valence-corrected chi connectivity index (χ1v) is 30.5. The zero-order chi connectivity index (χ0) is 76.5. The summed E-state index contributed by atoms with van der Waals surface area (Å²) in [7, 11) is 0. The summed E-state index contributed by atoms with van der Waals surface area (Å²) in [5.41, 5.74) is -3.92. The molecule has 0 spiro atoms. The third-order valence-corrected chi connectivity index (χ3v) is 15.0. The van der Waals surface area contributed by atoms with E-state index in [1.54, 1.807) is 13.8 Å². The predicted octanol–water partition coefficient (Wildman–Crippen LogP) is 21.0. The molecule has 0 amide bonds. The number of esters is 5. The van der Waals surface area contributed by atoms with Crippen molar-refractivity contribution in [2.24, 2.45) is 32.5 Å². The van der Waals surface area contributed by atoms with Gasteiger partial charge in [-0.2, -0.15) is 79.0 Å². The maximum Gasteiger partial charge on any atom is 0.434 e. The molecule has 0 fully saturated rings. The Morgan fingerprint density at radius 3 is 0.777 bits per heavy atom. The number of benzene rings is 1. The van der Waals surface area contributed by atoms with Gasteiger partial charge in [-0.3, -0.25) is 28.8 Å². The lowest BCUT2D eigenvalue weighted by atomic mass is 9.90. The molecule has 558 valence electrons. The fourth-order valence-electron chi connectivity index (χ4n) is 4.92. The number of unbranched alkanes of at least 4 members (excludes halogenated alkanes) is 1. The van der Waals surface area contributed by atoms with Crippen LogP contribution in [0.25, 0.3) is 0 Å². The minimum absolute atomic E-state index is 0.0638. The van der Waals surface area contributed by atoms with Gasteiger partial charge < -0.3 is 28.8 Å². The summed E-state index contributed by atoms with van der Waals surface area (Å²) in [5, 5.41) is 8.44. The summed E-state index contributed by atoms with van der Waals surface area (Å²) >= 11 is 0. The first kappa shape index (κ1) is 99.8. The van der Waals surface area contributed by atoms with Gasteiger partial charge in [0, 0.05) is 0 Å². The number of hydrogen-bond acceptors (Lipinski definition) is 11. The average molecular weight is 1410 g/mol. The first-order valence-electron chi connectivity index (χ1n) is 30.5. The van der Waals surface area contributed by atoms with E-state index in [9.17, 15) is 108 Å². The minimum atomic E-state index is -5.67. The van der Waals surface area contributed by atoms with Gasteiger partial charge >= 0.3 is 72.9 Å². The van der Waals surface area contributed by atoms with Crippen molar-refractivity contribution in [2.75, 3.05) is 6.61 Å². The molecule has 1 aromatic rings. The Balaban J connectivity index is -0.000000243. The Morgan fingerprint density at radius 1 is 0.362 bits per heavy atom. The number of carbonyl (C=O) groups excluding carboxylic acids is 5. The van der Waals surface area contributed by atoms with Crippen LogP contribution in [0.5, 0.6) is 0 Å². The van der Waals surface area contributed by atoms with E-state index in [2.05, 4.69) is 65.3 Å². The number of carbonyl (C=O) groups is 6. The van der Waals surface area contributed by atoms with Crippen LogP contribution in [-0.4, -0.2) is 109 Å². The molecule has 0 aliphatic carbocycles. The maximum absolute atomic E-state index is 12.1. The van der Waals surface area contributed by atoms with Crippen molar-refractivity contribution in [1.82, 2.24) is 0 Å². The van der Waals surface area contributed by atoms with Gasteiger partial charge in [0.2, 0.25) is 0 Å². The van der Waals surface area contributed by atoms with Crippen LogP contribution in [0, 0.1) is 32.5 Å². The molecule has 0 aromatic heterocycles. The van der Waals surface area contributed by atoms with E-state index in [4.69, 9.17) is 14.6 Å². The molecule has 0 radical (unpaired) electrons. The number of carboxylic acids is 1. The van der Waals surface area contributed by atoms with Crippen LogP contribution in [0.15, 0.2) is 30.3 Å². The highest BCUT2D eigenvalue weighted by molar-refractivity contribution is 5.78. The number of carboxylic acid groups (broad SMARTS) is 1. The van der Waals surface area contributed by atoms with Crippen LogP contribution in [0.3, 0.4) is 0 Å². The maximum atomic E-state index is 12.1. The van der Waals surface area contributed by atoms with Gasteiger partial charge in [-0.15, -0.1) is 0 Å². The summed E-state index contributed by atoms with van der Waals surface area (Å²) in [6.45, 7) is 39.8. The molecular weight excluding hydrogens is 1300 g/mol. The minimum Gasteiger partial charge on any atom is -0.481 e. The average Bonchev–Trinajstić information content (AvgIpc) is 0.828. The Labute approximate surface area is 543 Å². The summed E-state index contributed by atoms with van der Waals surface area (Å²) in [6.07, 6.45) is -38.5. The van der Waals surface area contributed by atoms with Gasteiger partial charge in [-0.1, -0.05) is 113 Å². The molecular formula is C64H104F18O12. The van der Waals surface area contributed by atoms with E-state index in [0.717, 1.165) is 38.5 Å². The van der Waals surface area contributed by atoms with Crippen molar-refractivity contribution in [2.45, 2.75) is 297 Å². The second-order valence-corrected chi connectivity index (χ2v) is 25.4. The molecule has 30 heteroatoms. The van der Waals surface area contributed by atoms with Gasteiger partial charge in [0.25, 0.3) is 18.3 Å². The molecule has 1 atom stereocenters. The van der Waals surface area contributed by atoms with Crippen molar-refractivity contribution in [3.05, 3.63) is 35.9 Å². The normalized spacial score (nSPS) is 13.0. The number of aliphatic carboxylic acids is 1. The largest absolute Gasteiger partial charge is 0.481 e. The number of alkyl halides is 18. The van der Waals surface area contributed by atoms with Crippen LogP contribution in [-0.2, 0) is 52.5 Å². The van der Waals surface area contributed by atoms with Crippen LogP contribution < -0.4 is 0 Å². The number of hydrogen-bond donors (Lipinski definition) is 1. The molecule has 0 aliphatic rings. The molecule has 0 saturated heterocycles. The van der Waals surface area contributed by atoms with E-state index >= 15 is 0 Å². The van der Waals surface area contributed by atoms with Crippen LogP contribution in [0.2, 0.25) is 0 Å². The van der Waals surface area contributed by atoms with Crippen molar-refractivity contribution < 1.29 is 137 Å². The topological polar surface area (TPSA) is 169 Å². The monoisotopic (exact) mass is 1410 g/mol. The quantitative estimate of drug-likeness (QED) is 0.0477. The Kier molecular flexibility index (Phi) is 45.1. The lowest BCUT2D eigenvalue weighted by Crippen LogP contribution is -2.47. The third-order valence-electron chi connectivity index (χ3n) is 15.0. The molecule has 1 unspecified atom stereocenters. The van der Waals surface area contributed by atoms with Gasteiger partial charge in [-0.25, -0.2) is 0 Å². The fraction of sp³-hybridized carbons (Fsp3) is 0.812. The molecule has 0 aliphatic heterocycles. The lowest BCUT2D eigenvalue weighted by Gasteiger charge is -2.27. The third kappa shape index (κ3) is 41.7. The first-order chi connectivity index (χ1) is 41.8. The number of ether oxygens (including phenoxy) is 5. The summed E-state index contributed by atoms with van der Waals surface area (Å²) in [4.78, 5) is 66.7. The van der Waals surface area contributed by atoms with Gasteiger partial charge in [0.05, 0.1) is 39.1 Å². The fourth-order valence-corrected chi connectivity index (χ4v) is 4.92. The van der Waals surface area contributed by atoms with E-state index in [1.807, 2.05) is 62.3 Å². The summed E-state index contributed by atoms with van der Waals surface area (Å²) in [5.74, 6) is -4.73. The van der Waals surface area contributed by atoms with Crippen LogP contribution in [0.4, 0.5) is 79.0 Å². The smallest absolute Gasteiger partial charge is 0.434 e. The Morgan fingerprint density at radius 2 is 0.596 bits per heavy atom. The van der Waals surface area contributed by atoms with E-state index in [0.29, 0.717) is 18.9 Å². The zero-order valence-corrected chi connectivity index (χ0v) is 58.5. The molecule has 12 nitrogen and oxygen atoms in total. The molecule has 1 N–H and O–H groups in total. The van der Waals surface area contributed by atoms with Crippen LogP contribution >= 0.6 is 0 Å². The highest BCUT2D eigenvalue weighted by atomic mass is 19.4. The number of halogens is 18. The molecule has 0 heterocycles. The van der Waals surface area contributed by atoms with E-state index in [-0.39, 0.29) is 48.1 Å². The zero-order valence-electron chi connectivity index (χ0n) is 58.5.